The number of likely N-dealkylation sites (N-methyl/N-ethyl adjacent to an activating group) is 1. The summed E-state index contributed by atoms with van der Waals surface area (Å²) < 4.78 is 0. The Balaban J connectivity index is 2.13. The monoisotopic (exact) mass is 379 g/mol. The SMILES string of the molecule is C=CCC(c1ccc(Cl)c(Cl)c1)C1c2cccc(Cl)c2C(=O)N1C. The average Bonchev–Trinajstić information content (AvgIpc) is 2.81. The van der Waals surface area contributed by atoms with E-state index in [2.05, 4.69) is 6.58 Å². The lowest BCUT2D eigenvalue weighted by Gasteiger charge is -2.30. The van der Waals surface area contributed by atoms with Crippen LogP contribution in [-0.4, -0.2) is 17.9 Å². The highest BCUT2D eigenvalue weighted by Gasteiger charge is 2.40. The number of amides is 1. The number of allylic oxidation sites excluding steroid dienone is 1. The van der Waals surface area contributed by atoms with Gasteiger partial charge in [-0.1, -0.05) is 59.1 Å². The molecular formula is C19H16Cl3NO. The van der Waals surface area contributed by atoms with Crippen molar-refractivity contribution < 1.29 is 4.79 Å². The normalized spacial score (nSPS) is 17.8. The number of hydrogen-bond donors (Lipinski definition) is 0. The van der Waals surface area contributed by atoms with Crippen LogP contribution in [0.3, 0.4) is 0 Å². The van der Waals surface area contributed by atoms with Gasteiger partial charge in [0.1, 0.15) is 0 Å². The number of halogens is 3. The van der Waals surface area contributed by atoms with Gasteiger partial charge in [0.25, 0.3) is 5.91 Å². The minimum Gasteiger partial charge on any atom is -0.334 e. The van der Waals surface area contributed by atoms with E-state index >= 15 is 0 Å². The zero-order chi connectivity index (χ0) is 17.4. The van der Waals surface area contributed by atoms with Gasteiger partial charge >= 0.3 is 0 Å². The Hall–Kier alpha value is -1.48. The van der Waals surface area contributed by atoms with Gasteiger partial charge in [-0.25, -0.2) is 0 Å². The fourth-order valence-electron chi connectivity index (χ4n) is 3.38. The molecule has 0 spiro atoms. The summed E-state index contributed by atoms with van der Waals surface area (Å²) in [6, 6.07) is 11.0. The molecule has 2 unspecified atom stereocenters. The molecule has 0 fully saturated rings. The third-order valence-corrected chi connectivity index (χ3v) is 5.54. The molecule has 0 bridgehead atoms. The highest BCUT2D eigenvalue weighted by Crippen LogP contribution is 2.46. The van der Waals surface area contributed by atoms with E-state index in [0.29, 0.717) is 27.1 Å². The van der Waals surface area contributed by atoms with E-state index in [1.807, 2.05) is 30.3 Å². The lowest BCUT2D eigenvalue weighted by atomic mass is 9.84. The predicted octanol–water partition coefficient (Wildman–Crippen LogP) is 6.13. The van der Waals surface area contributed by atoms with E-state index in [1.54, 1.807) is 24.1 Å². The Labute approximate surface area is 156 Å². The molecule has 24 heavy (non-hydrogen) atoms. The first-order valence-electron chi connectivity index (χ1n) is 7.57. The molecule has 0 N–H and O–H groups in total. The number of benzene rings is 2. The van der Waals surface area contributed by atoms with Crippen molar-refractivity contribution in [1.82, 2.24) is 4.90 Å². The lowest BCUT2D eigenvalue weighted by Crippen LogP contribution is -2.27. The zero-order valence-corrected chi connectivity index (χ0v) is 15.4. The summed E-state index contributed by atoms with van der Waals surface area (Å²) in [6.45, 7) is 3.87. The minimum absolute atomic E-state index is 0.0194. The smallest absolute Gasteiger partial charge is 0.256 e. The molecule has 0 radical (unpaired) electrons. The van der Waals surface area contributed by atoms with Crippen LogP contribution in [0.4, 0.5) is 0 Å². The fraction of sp³-hybridized carbons (Fsp3) is 0.211. The molecule has 2 aromatic carbocycles. The minimum atomic E-state index is -0.124. The van der Waals surface area contributed by atoms with Crippen molar-refractivity contribution in [3.8, 4) is 0 Å². The maximum absolute atomic E-state index is 12.7. The van der Waals surface area contributed by atoms with Crippen LogP contribution in [0.25, 0.3) is 0 Å². The number of carbonyl (C=O) groups excluding carboxylic acids is 1. The van der Waals surface area contributed by atoms with Crippen LogP contribution in [0, 0.1) is 0 Å². The molecule has 2 nitrogen and oxygen atoms in total. The van der Waals surface area contributed by atoms with Crippen LogP contribution in [0.2, 0.25) is 15.1 Å². The first-order valence-corrected chi connectivity index (χ1v) is 8.70. The molecule has 5 heteroatoms. The second kappa shape index (κ2) is 6.79. The Bertz CT molecular complexity index is 818. The van der Waals surface area contributed by atoms with Crippen molar-refractivity contribution >= 4 is 40.7 Å². The first kappa shape index (κ1) is 17.3. The van der Waals surface area contributed by atoms with Gasteiger partial charge in [0.2, 0.25) is 0 Å². The zero-order valence-electron chi connectivity index (χ0n) is 13.1. The molecule has 0 saturated heterocycles. The molecule has 2 aromatic rings. The molecule has 0 aliphatic carbocycles. The number of hydrogen-bond acceptors (Lipinski definition) is 1. The predicted molar refractivity (Wildman–Crippen MR) is 100 cm³/mol. The highest BCUT2D eigenvalue weighted by atomic mass is 35.5. The van der Waals surface area contributed by atoms with Crippen molar-refractivity contribution in [2.75, 3.05) is 7.05 Å². The molecule has 1 aliphatic heterocycles. The molecule has 0 aromatic heterocycles. The molecule has 2 atom stereocenters. The average molecular weight is 381 g/mol. The number of rotatable bonds is 4. The van der Waals surface area contributed by atoms with Gasteiger partial charge < -0.3 is 4.90 Å². The number of nitrogens with zero attached hydrogens (tertiary/aromatic N) is 1. The highest BCUT2D eigenvalue weighted by molar-refractivity contribution is 6.42. The van der Waals surface area contributed by atoms with Crippen LogP contribution >= 0.6 is 34.8 Å². The molecule has 124 valence electrons. The quantitative estimate of drug-likeness (QED) is 0.584. The summed E-state index contributed by atoms with van der Waals surface area (Å²) in [5.74, 6) is -0.0411. The second-order valence-electron chi connectivity index (χ2n) is 5.87. The summed E-state index contributed by atoms with van der Waals surface area (Å²) in [4.78, 5) is 14.4. The Morgan fingerprint density at radius 1 is 1.17 bits per heavy atom. The summed E-state index contributed by atoms with van der Waals surface area (Å²) >= 11 is 18.5. The summed E-state index contributed by atoms with van der Waals surface area (Å²) in [7, 11) is 1.80. The van der Waals surface area contributed by atoms with Crippen LogP contribution < -0.4 is 0 Å². The molecule has 1 heterocycles. The van der Waals surface area contributed by atoms with Crippen molar-refractivity contribution in [2.24, 2.45) is 0 Å². The van der Waals surface area contributed by atoms with Crippen LogP contribution in [0.15, 0.2) is 49.1 Å². The van der Waals surface area contributed by atoms with E-state index in [0.717, 1.165) is 11.1 Å². The summed E-state index contributed by atoms with van der Waals surface area (Å²) in [5, 5.41) is 1.50. The molecule has 3 rings (SSSR count). The van der Waals surface area contributed by atoms with Crippen molar-refractivity contribution in [2.45, 2.75) is 18.4 Å². The van der Waals surface area contributed by atoms with E-state index in [-0.39, 0.29) is 17.9 Å². The summed E-state index contributed by atoms with van der Waals surface area (Å²) in [6.07, 6.45) is 2.56. The Morgan fingerprint density at radius 3 is 2.58 bits per heavy atom. The van der Waals surface area contributed by atoms with Crippen molar-refractivity contribution in [3.63, 3.8) is 0 Å². The van der Waals surface area contributed by atoms with Gasteiger partial charge in [-0.15, -0.1) is 6.58 Å². The van der Waals surface area contributed by atoms with Crippen LogP contribution in [0.1, 0.15) is 39.9 Å². The maximum Gasteiger partial charge on any atom is 0.256 e. The standard InChI is InChI=1S/C19H16Cl3NO/c1-3-5-12(11-8-9-14(20)16(22)10-11)18-13-6-4-7-15(21)17(13)19(24)23(18)2/h3-4,6-10,12,18H,1,5H2,2H3. The van der Waals surface area contributed by atoms with E-state index in [9.17, 15) is 4.79 Å². The van der Waals surface area contributed by atoms with E-state index in [1.165, 1.54) is 0 Å². The molecule has 1 amide bonds. The largest absolute Gasteiger partial charge is 0.334 e. The topological polar surface area (TPSA) is 20.3 Å². The number of carbonyl (C=O) groups is 1. The molecule has 0 saturated carbocycles. The maximum atomic E-state index is 12.7. The molecular weight excluding hydrogens is 365 g/mol. The fourth-order valence-corrected chi connectivity index (χ4v) is 3.95. The molecule has 1 aliphatic rings. The van der Waals surface area contributed by atoms with Gasteiger partial charge in [-0.3, -0.25) is 4.79 Å². The van der Waals surface area contributed by atoms with Crippen LogP contribution in [-0.2, 0) is 0 Å². The van der Waals surface area contributed by atoms with Gasteiger partial charge in [0.15, 0.2) is 0 Å². The third kappa shape index (κ3) is 2.83. The Morgan fingerprint density at radius 2 is 1.92 bits per heavy atom. The van der Waals surface area contributed by atoms with E-state index < -0.39 is 0 Å². The van der Waals surface area contributed by atoms with Gasteiger partial charge in [0, 0.05) is 13.0 Å². The Kier molecular flexibility index (Phi) is 4.91. The third-order valence-electron chi connectivity index (χ3n) is 4.49. The number of fused-ring (bicyclic) bond motifs is 1. The summed E-state index contributed by atoms with van der Waals surface area (Å²) in [5.41, 5.74) is 2.54. The van der Waals surface area contributed by atoms with Gasteiger partial charge in [0.05, 0.1) is 26.7 Å². The van der Waals surface area contributed by atoms with E-state index in [4.69, 9.17) is 34.8 Å². The van der Waals surface area contributed by atoms with Gasteiger partial charge in [-0.2, -0.15) is 0 Å². The first-order chi connectivity index (χ1) is 11.5. The van der Waals surface area contributed by atoms with Crippen LogP contribution in [0.5, 0.6) is 0 Å². The second-order valence-corrected chi connectivity index (χ2v) is 7.09. The van der Waals surface area contributed by atoms with Crippen molar-refractivity contribution in [3.05, 3.63) is 80.8 Å². The van der Waals surface area contributed by atoms with Crippen molar-refractivity contribution in [1.29, 1.82) is 0 Å². The lowest BCUT2D eigenvalue weighted by molar-refractivity contribution is 0.0755. The van der Waals surface area contributed by atoms with Gasteiger partial charge in [-0.05, 0) is 35.7 Å².